The fourth-order valence-corrected chi connectivity index (χ4v) is 4.03. The topological polar surface area (TPSA) is 108 Å². The zero-order chi connectivity index (χ0) is 15.2. The maximum absolute atomic E-state index is 12.1. The molecule has 1 unspecified atom stereocenters. The number of hydrogen-bond acceptors (Lipinski definition) is 4. The molecule has 0 saturated carbocycles. The highest BCUT2D eigenvalue weighted by atomic mass is 31.0. The molecule has 8 heteroatoms. The summed E-state index contributed by atoms with van der Waals surface area (Å²) in [5.41, 5.74) is -0.295. The van der Waals surface area contributed by atoms with Crippen molar-refractivity contribution in [3.05, 3.63) is 29.2 Å². The number of nitrogens with one attached hydrogen (secondary N) is 2. The fraction of sp³-hybridized carbons (Fsp3) is 0.231. The van der Waals surface area contributed by atoms with Gasteiger partial charge in [0.2, 0.25) is 0 Å². The van der Waals surface area contributed by atoms with Crippen LogP contribution in [0.25, 0.3) is 10.6 Å². The number of carboxylic acid groups (broad SMARTS) is 1. The van der Waals surface area contributed by atoms with Crippen molar-refractivity contribution in [2.75, 3.05) is 0 Å². The average molecular weight is 305 g/mol. The number of carbonyl (C=O) groups is 3. The van der Waals surface area contributed by atoms with Crippen LogP contribution in [0.15, 0.2) is 18.3 Å². The molecule has 3 amide bonds. The predicted molar refractivity (Wildman–Crippen MR) is 76.8 cm³/mol. The van der Waals surface area contributed by atoms with E-state index in [1.807, 2.05) is 6.92 Å². The lowest BCUT2D eigenvalue weighted by Crippen LogP contribution is -2.42. The summed E-state index contributed by atoms with van der Waals surface area (Å²) in [5.74, 6) is -1.42. The van der Waals surface area contributed by atoms with Crippen LogP contribution in [0, 0.1) is 0 Å². The second-order valence-corrected chi connectivity index (χ2v) is 6.14. The van der Waals surface area contributed by atoms with Crippen molar-refractivity contribution in [3.63, 3.8) is 0 Å². The molecule has 1 aliphatic heterocycles. The summed E-state index contributed by atoms with van der Waals surface area (Å²) < 4.78 is 0. The second kappa shape index (κ2) is 4.56. The monoisotopic (exact) mass is 305 g/mol. The van der Waals surface area contributed by atoms with Crippen LogP contribution in [-0.2, 0) is 10.3 Å². The first kappa shape index (κ1) is 13.6. The average Bonchev–Trinajstić information content (AvgIpc) is 2.98. The van der Waals surface area contributed by atoms with Crippen molar-refractivity contribution in [1.29, 1.82) is 0 Å². The van der Waals surface area contributed by atoms with Crippen molar-refractivity contribution in [2.45, 2.75) is 18.9 Å². The summed E-state index contributed by atoms with van der Waals surface area (Å²) in [7, 11) is 0.107. The summed E-state index contributed by atoms with van der Waals surface area (Å²) in [6.45, 7) is 1.82. The Morgan fingerprint density at radius 1 is 1.43 bits per heavy atom. The molecule has 7 nitrogen and oxygen atoms in total. The van der Waals surface area contributed by atoms with Crippen LogP contribution >= 0.6 is 8.19 Å². The third-order valence-electron chi connectivity index (χ3n) is 3.65. The number of fused-ring (bicyclic) bond motifs is 1. The summed E-state index contributed by atoms with van der Waals surface area (Å²) in [6.07, 6.45) is 1.71. The van der Waals surface area contributed by atoms with E-state index in [1.165, 1.54) is 6.20 Å². The molecule has 21 heavy (non-hydrogen) atoms. The third kappa shape index (κ3) is 1.97. The molecule has 0 spiro atoms. The van der Waals surface area contributed by atoms with E-state index in [9.17, 15) is 14.4 Å². The van der Waals surface area contributed by atoms with Gasteiger partial charge in [0.1, 0.15) is 5.54 Å². The SMILES string of the molecule is CC[C@@]1(c2cc3ncc(C(=O)O)cc3[pH]2)NC(=O)NC1=O. The maximum Gasteiger partial charge on any atom is 0.337 e. The molecule has 108 valence electrons. The highest BCUT2D eigenvalue weighted by molar-refractivity contribution is 7.38. The lowest BCUT2D eigenvalue weighted by molar-refractivity contribution is -0.124. The Kier molecular flexibility index (Phi) is 2.95. The number of hydrogen-bond donors (Lipinski definition) is 3. The zero-order valence-corrected chi connectivity index (χ0v) is 12.1. The number of aromatic nitrogens is 1. The van der Waals surface area contributed by atoms with Crippen LogP contribution in [0.2, 0.25) is 0 Å². The Balaban J connectivity index is 2.14. The van der Waals surface area contributed by atoms with Gasteiger partial charge >= 0.3 is 12.0 Å². The highest BCUT2D eigenvalue weighted by Gasteiger charge is 2.46. The van der Waals surface area contributed by atoms with Crippen molar-refractivity contribution in [2.24, 2.45) is 0 Å². The van der Waals surface area contributed by atoms with E-state index in [4.69, 9.17) is 5.11 Å². The van der Waals surface area contributed by atoms with E-state index in [0.717, 1.165) is 10.4 Å². The molecule has 0 radical (unpaired) electrons. The molecule has 1 saturated heterocycles. The van der Waals surface area contributed by atoms with Crippen molar-refractivity contribution in [1.82, 2.24) is 15.6 Å². The number of carboxylic acids is 1. The molecule has 2 aromatic rings. The van der Waals surface area contributed by atoms with Gasteiger partial charge in [-0.2, -0.15) is 0 Å². The van der Waals surface area contributed by atoms with Crippen LogP contribution in [0.1, 0.15) is 29.0 Å². The third-order valence-corrected chi connectivity index (χ3v) is 5.16. The molecule has 1 aliphatic rings. The van der Waals surface area contributed by atoms with Gasteiger partial charge in [-0.1, -0.05) is 6.92 Å². The molecule has 0 aromatic carbocycles. The molecule has 1 fully saturated rings. The Morgan fingerprint density at radius 3 is 2.76 bits per heavy atom. The van der Waals surface area contributed by atoms with Gasteiger partial charge in [0.25, 0.3) is 5.91 Å². The summed E-state index contributed by atoms with van der Waals surface area (Å²) in [5, 5.41) is 15.4. The number of nitrogens with zero attached hydrogens (tertiary/aromatic N) is 1. The van der Waals surface area contributed by atoms with E-state index >= 15 is 0 Å². The van der Waals surface area contributed by atoms with E-state index in [1.54, 1.807) is 12.1 Å². The van der Waals surface area contributed by atoms with Crippen LogP contribution in [0.4, 0.5) is 4.79 Å². The van der Waals surface area contributed by atoms with Gasteiger partial charge in [0, 0.05) is 16.6 Å². The predicted octanol–water partition coefficient (Wildman–Crippen LogP) is 1.41. The number of imide groups is 1. The van der Waals surface area contributed by atoms with E-state index in [-0.39, 0.29) is 19.7 Å². The number of rotatable bonds is 3. The maximum atomic E-state index is 12.1. The molecule has 2 aromatic heterocycles. The van der Waals surface area contributed by atoms with Crippen LogP contribution in [0.3, 0.4) is 0 Å². The number of amides is 3. The van der Waals surface area contributed by atoms with Gasteiger partial charge < -0.3 is 10.4 Å². The second-order valence-electron chi connectivity index (χ2n) is 4.81. The lowest BCUT2D eigenvalue weighted by Gasteiger charge is -2.23. The standard InChI is InChI=1S/C13H12N3O4P/c1-2-13(11(19)15-12(20)16-13)9-4-7-8(21-9)3-6(5-14-7)10(17)18/h3-5,21H,2H2,1H3,(H,17,18)(H2,15,16,19,20)/t13-/m0/s1. The van der Waals surface area contributed by atoms with E-state index in [2.05, 4.69) is 15.6 Å². The Hall–Kier alpha value is -2.40. The molecule has 2 atom stereocenters. The Morgan fingerprint density at radius 2 is 2.19 bits per heavy atom. The summed E-state index contributed by atoms with van der Waals surface area (Å²) in [4.78, 5) is 38.6. The van der Waals surface area contributed by atoms with Crippen molar-refractivity contribution in [3.8, 4) is 0 Å². The zero-order valence-electron chi connectivity index (χ0n) is 11.1. The Bertz CT molecular complexity index is 785. The van der Waals surface area contributed by atoms with Crippen molar-refractivity contribution >= 4 is 36.7 Å². The molecule has 3 N–H and O–H groups in total. The van der Waals surface area contributed by atoms with Gasteiger partial charge in [0.15, 0.2) is 0 Å². The number of urea groups is 1. The first-order chi connectivity index (χ1) is 9.96. The van der Waals surface area contributed by atoms with Gasteiger partial charge in [-0.05, 0) is 18.6 Å². The number of carbonyl (C=O) groups excluding carboxylic acids is 2. The smallest absolute Gasteiger partial charge is 0.337 e. The minimum atomic E-state index is -1.06. The molecule has 3 heterocycles. The molecular weight excluding hydrogens is 293 g/mol. The Labute approximate surface area is 120 Å². The number of aromatic carboxylic acids is 1. The van der Waals surface area contributed by atoms with Gasteiger partial charge in [0.05, 0.1) is 11.1 Å². The minimum absolute atomic E-state index is 0.107. The quantitative estimate of drug-likeness (QED) is 0.743. The van der Waals surface area contributed by atoms with E-state index in [0.29, 0.717) is 11.9 Å². The molecular formula is C13H12N3O4P. The molecule has 0 aliphatic carbocycles. The van der Waals surface area contributed by atoms with Gasteiger partial charge in [-0.15, -0.1) is 8.19 Å². The molecule has 3 rings (SSSR count). The summed E-state index contributed by atoms with van der Waals surface area (Å²) >= 11 is 0. The largest absolute Gasteiger partial charge is 0.478 e. The summed E-state index contributed by atoms with van der Waals surface area (Å²) in [6, 6.07) is 2.81. The van der Waals surface area contributed by atoms with E-state index < -0.39 is 17.5 Å². The molecule has 0 bridgehead atoms. The minimum Gasteiger partial charge on any atom is -0.478 e. The first-order valence-corrected chi connectivity index (χ1v) is 7.32. The normalized spacial score (nSPS) is 21.8. The van der Waals surface area contributed by atoms with Crippen LogP contribution in [0.5, 0.6) is 0 Å². The number of pyridine rings is 1. The van der Waals surface area contributed by atoms with Gasteiger partial charge in [-0.3, -0.25) is 15.1 Å². The first-order valence-electron chi connectivity index (χ1n) is 6.32. The lowest BCUT2D eigenvalue weighted by atomic mass is 9.94. The highest BCUT2D eigenvalue weighted by Crippen LogP contribution is 2.40. The van der Waals surface area contributed by atoms with Gasteiger partial charge in [-0.25, -0.2) is 9.59 Å². The van der Waals surface area contributed by atoms with Crippen molar-refractivity contribution < 1.29 is 19.5 Å². The van der Waals surface area contributed by atoms with Crippen LogP contribution < -0.4 is 10.6 Å². The fourth-order valence-electron chi connectivity index (χ4n) is 2.48. The van der Waals surface area contributed by atoms with Crippen LogP contribution in [-0.4, -0.2) is 28.0 Å².